The monoisotopic (exact) mass is 448 g/mol. The third-order valence-corrected chi connectivity index (χ3v) is 4.52. The second-order valence-corrected chi connectivity index (χ2v) is 6.69. The fraction of sp³-hybridized carbons (Fsp3) is 0.533. The predicted molar refractivity (Wildman–Crippen MR) is 108 cm³/mol. The molecule has 1 aromatic heterocycles. The largest absolute Gasteiger partial charge is 0.480 e. The molecule has 0 bridgehead atoms. The molecule has 1 heterocycles. The molecule has 162 valence electrons. The molecule has 1 aromatic rings. The number of carbonyl (C=O) groups is 4. The molecule has 0 saturated carbocycles. The maximum Gasteiger partial charge on any atom is 0.328 e. The van der Waals surface area contributed by atoms with E-state index in [1.54, 1.807) is 0 Å². The van der Waals surface area contributed by atoms with E-state index in [1.165, 1.54) is 12.5 Å². The first-order valence-electron chi connectivity index (χ1n) is 8.42. The average molecular weight is 449 g/mol. The number of aromatic amines is 1. The zero-order chi connectivity index (χ0) is 22.0. The van der Waals surface area contributed by atoms with Crippen LogP contribution in [0.2, 0.25) is 0 Å². The molecule has 0 aromatic carbocycles. The highest BCUT2D eigenvalue weighted by molar-refractivity contribution is 7.80. The number of nitrogens with one attached hydrogen (secondary N) is 4. The Labute approximate surface area is 177 Å². The van der Waals surface area contributed by atoms with Crippen LogP contribution in [0.25, 0.3) is 0 Å². The maximum atomic E-state index is 12.7. The van der Waals surface area contributed by atoms with Crippen molar-refractivity contribution >= 4 is 48.9 Å². The molecular weight excluding hydrogens is 424 g/mol. The van der Waals surface area contributed by atoms with Gasteiger partial charge in [-0.1, -0.05) is 0 Å². The van der Waals surface area contributed by atoms with Crippen molar-refractivity contribution in [2.45, 2.75) is 30.6 Å². The number of carbonyl (C=O) groups excluding carboxylic acids is 3. The van der Waals surface area contributed by atoms with Crippen molar-refractivity contribution < 1.29 is 29.4 Å². The summed E-state index contributed by atoms with van der Waals surface area (Å²) in [5, 5.41) is 24.9. The molecule has 0 saturated heterocycles. The maximum absolute atomic E-state index is 12.7. The van der Waals surface area contributed by atoms with E-state index in [0.717, 1.165) is 0 Å². The molecule has 12 nitrogen and oxygen atoms in total. The molecule has 4 unspecified atom stereocenters. The van der Waals surface area contributed by atoms with Crippen LogP contribution in [0.5, 0.6) is 0 Å². The average Bonchev–Trinajstić information content (AvgIpc) is 3.21. The summed E-state index contributed by atoms with van der Waals surface area (Å²) >= 11 is 7.93. The van der Waals surface area contributed by atoms with Gasteiger partial charge in [-0.3, -0.25) is 14.4 Å². The van der Waals surface area contributed by atoms with E-state index in [0.29, 0.717) is 5.69 Å². The molecule has 8 N–H and O–H groups in total. The minimum atomic E-state index is -1.53. The Morgan fingerprint density at radius 1 is 1.03 bits per heavy atom. The van der Waals surface area contributed by atoms with Gasteiger partial charge in [-0.15, -0.1) is 0 Å². The first-order chi connectivity index (χ1) is 13.7. The van der Waals surface area contributed by atoms with Gasteiger partial charge in [0.1, 0.15) is 18.1 Å². The van der Waals surface area contributed by atoms with Crippen LogP contribution in [-0.2, 0) is 25.6 Å². The number of aliphatic carboxylic acids is 1. The summed E-state index contributed by atoms with van der Waals surface area (Å²) in [6.45, 7) is -0.825. The van der Waals surface area contributed by atoms with Gasteiger partial charge in [0.05, 0.1) is 19.0 Å². The third-order valence-electron chi connectivity index (χ3n) is 3.76. The van der Waals surface area contributed by atoms with Gasteiger partial charge in [0.15, 0.2) is 0 Å². The number of nitrogens with zero attached hydrogens (tertiary/aromatic N) is 1. The summed E-state index contributed by atoms with van der Waals surface area (Å²) in [6.07, 6.45) is 2.90. The number of hydrogen-bond acceptors (Lipinski definition) is 9. The molecule has 0 fully saturated rings. The number of carboxylic acids is 1. The Bertz CT molecular complexity index is 703. The van der Waals surface area contributed by atoms with E-state index in [4.69, 9.17) is 15.9 Å². The third kappa shape index (κ3) is 7.92. The van der Waals surface area contributed by atoms with Gasteiger partial charge < -0.3 is 36.9 Å². The van der Waals surface area contributed by atoms with Crippen molar-refractivity contribution in [3.05, 3.63) is 18.2 Å². The number of H-pyrrole nitrogens is 1. The fourth-order valence-corrected chi connectivity index (χ4v) is 2.53. The van der Waals surface area contributed by atoms with E-state index in [1.807, 2.05) is 0 Å². The molecule has 1 rings (SSSR count). The number of aromatic nitrogens is 2. The molecule has 0 radical (unpaired) electrons. The van der Waals surface area contributed by atoms with Gasteiger partial charge in [0.25, 0.3) is 0 Å². The van der Waals surface area contributed by atoms with Gasteiger partial charge in [-0.2, -0.15) is 25.3 Å². The van der Waals surface area contributed by atoms with Crippen LogP contribution in [0, 0.1) is 0 Å². The number of rotatable bonds is 12. The first kappa shape index (κ1) is 24.7. The molecule has 14 heteroatoms. The van der Waals surface area contributed by atoms with Crippen molar-refractivity contribution in [2.75, 3.05) is 18.1 Å². The highest BCUT2D eigenvalue weighted by Crippen LogP contribution is 2.02. The lowest BCUT2D eigenvalue weighted by molar-refractivity contribution is -0.143. The molecule has 3 amide bonds. The van der Waals surface area contributed by atoms with Gasteiger partial charge in [0, 0.05) is 29.8 Å². The molecule has 0 aliphatic carbocycles. The first-order valence-corrected chi connectivity index (χ1v) is 9.69. The Morgan fingerprint density at radius 3 is 2.10 bits per heavy atom. The summed E-state index contributed by atoms with van der Waals surface area (Å²) in [4.78, 5) is 54.6. The van der Waals surface area contributed by atoms with Crippen LogP contribution >= 0.6 is 25.3 Å². The molecule has 0 spiro atoms. The summed E-state index contributed by atoms with van der Waals surface area (Å²) in [6, 6.07) is -4.79. The van der Waals surface area contributed by atoms with Crippen molar-refractivity contribution in [3.63, 3.8) is 0 Å². The quantitative estimate of drug-likeness (QED) is 0.148. The standard InChI is InChI=1S/C15H24N6O6S2/c16-8(4-28)12(23)19-9(1-7-2-17-6-18-7)13(24)21-11(5-29)14(25)20-10(3-22)15(26)27/h2,6,8-11,22,28-29H,1,3-5,16H2,(H,17,18)(H,19,23)(H,20,25)(H,21,24)(H,26,27). The lowest BCUT2D eigenvalue weighted by Crippen LogP contribution is -2.58. The lowest BCUT2D eigenvalue weighted by atomic mass is 10.1. The number of aliphatic hydroxyl groups is 1. The molecule has 29 heavy (non-hydrogen) atoms. The zero-order valence-electron chi connectivity index (χ0n) is 15.2. The SMILES string of the molecule is NC(CS)C(=O)NC(Cc1cnc[nH]1)C(=O)NC(CS)C(=O)NC(CO)C(=O)O. The second-order valence-electron chi connectivity index (χ2n) is 5.96. The number of thiol groups is 2. The van der Waals surface area contributed by atoms with E-state index in [-0.39, 0.29) is 17.9 Å². The zero-order valence-corrected chi connectivity index (χ0v) is 17.0. The normalized spacial score (nSPS) is 14.9. The molecule has 4 atom stereocenters. The van der Waals surface area contributed by atoms with E-state index < -0.39 is 54.5 Å². The number of hydrogen-bond donors (Lipinski definition) is 9. The number of carboxylic acid groups (broad SMARTS) is 1. The molecule has 0 aliphatic rings. The summed E-state index contributed by atoms with van der Waals surface area (Å²) < 4.78 is 0. The predicted octanol–water partition coefficient (Wildman–Crippen LogP) is -3.33. The van der Waals surface area contributed by atoms with Gasteiger partial charge in [-0.25, -0.2) is 9.78 Å². The highest BCUT2D eigenvalue weighted by atomic mass is 32.1. The van der Waals surface area contributed by atoms with Crippen LogP contribution < -0.4 is 21.7 Å². The van der Waals surface area contributed by atoms with E-state index >= 15 is 0 Å². The lowest BCUT2D eigenvalue weighted by Gasteiger charge is -2.23. The molecule has 0 aliphatic heterocycles. The van der Waals surface area contributed by atoms with Crippen molar-refractivity contribution in [3.8, 4) is 0 Å². The Hall–Kier alpha value is -2.29. The summed E-state index contributed by atoms with van der Waals surface area (Å²) in [5.74, 6) is -3.72. The van der Waals surface area contributed by atoms with Gasteiger partial charge in [0.2, 0.25) is 17.7 Å². The van der Waals surface area contributed by atoms with Gasteiger partial charge in [-0.05, 0) is 0 Å². The van der Waals surface area contributed by atoms with Gasteiger partial charge >= 0.3 is 5.97 Å². The summed E-state index contributed by atoms with van der Waals surface area (Å²) in [7, 11) is 0. The number of imidazole rings is 1. The number of aliphatic hydroxyl groups excluding tert-OH is 1. The van der Waals surface area contributed by atoms with Crippen molar-refractivity contribution in [1.29, 1.82) is 0 Å². The van der Waals surface area contributed by atoms with Crippen LogP contribution in [0.4, 0.5) is 0 Å². The number of nitrogens with two attached hydrogens (primary N) is 1. The van der Waals surface area contributed by atoms with Crippen LogP contribution in [-0.4, -0.2) is 86.2 Å². The van der Waals surface area contributed by atoms with Crippen LogP contribution in [0.1, 0.15) is 5.69 Å². The Morgan fingerprint density at radius 2 is 1.62 bits per heavy atom. The van der Waals surface area contributed by atoms with E-state index in [2.05, 4.69) is 51.2 Å². The van der Waals surface area contributed by atoms with Crippen LogP contribution in [0.15, 0.2) is 12.5 Å². The smallest absolute Gasteiger partial charge is 0.328 e. The minimum absolute atomic E-state index is 0.0339. The van der Waals surface area contributed by atoms with Crippen LogP contribution in [0.3, 0.4) is 0 Å². The molecular formula is C15H24N6O6S2. The van der Waals surface area contributed by atoms with Crippen molar-refractivity contribution in [2.24, 2.45) is 5.73 Å². The Kier molecular flexibility index (Phi) is 10.5. The minimum Gasteiger partial charge on any atom is -0.480 e. The topological polar surface area (TPSA) is 200 Å². The van der Waals surface area contributed by atoms with Crippen molar-refractivity contribution in [1.82, 2.24) is 25.9 Å². The number of amides is 3. The second kappa shape index (κ2) is 12.3. The summed E-state index contributed by atoms with van der Waals surface area (Å²) in [5.41, 5.74) is 6.16. The van der Waals surface area contributed by atoms with E-state index in [9.17, 15) is 19.2 Å². The highest BCUT2D eigenvalue weighted by Gasteiger charge is 2.29. The Balaban J connectivity index is 2.88. The fourth-order valence-electron chi connectivity index (χ4n) is 2.11.